The molecule has 4 aromatic rings. The molecule has 0 aliphatic carbocycles. The van der Waals surface area contributed by atoms with E-state index in [1.54, 1.807) is 32.9 Å². The number of hydrogen-bond acceptors (Lipinski definition) is 4. The Morgan fingerprint density at radius 1 is 1.11 bits per heavy atom. The molecule has 142 valence electrons. The number of aromatic nitrogens is 4. The number of aromatic amines is 2. The summed E-state index contributed by atoms with van der Waals surface area (Å²) < 4.78 is 0. The fourth-order valence-corrected chi connectivity index (χ4v) is 3.28. The number of fused-ring (bicyclic) bond motifs is 2. The van der Waals surface area contributed by atoms with E-state index in [4.69, 9.17) is 0 Å². The van der Waals surface area contributed by atoms with E-state index in [1.807, 2.05) is 30.3 Å². The number of nitrogens with one attached hydrogen (secondary N) is 2. The molecule has 8 heteroatoms. The first kappa shape index (κ1) is 17.7. The lowest BCUT2D eigenvalue weighted by Gasteiger charge is -2.30. The van der Waals surface area contributed by atoms with Gasteiger partial charge < -0.3 is 10.1 Å². The third kappa shape index (κ3) is 2.88. The lowest BCUT2D eigenvalue weighted by Crippen LogP contribution is -2.45. The second kappa shape index (κ2) is 6.19. The average Bonchev–Trinajstić information content (AvgIpc) is 3.02. The highest BCUT2D eigenvalue weighted by Gasteiger charge is 2.30. The number of hydrogen-bond donors (Lipinski definition) is 3. The van der Waals surface area contributed by atoms with E-state index in [1.165, 1.54) is 4.90 Å². The number of H-pyrrole nitrogens is 2. The lowest BCUT2D eigenvalue weighted by atomic mass is 10.0. The van der Waals surface area contributed by atoms with Crippen LogP contribution in [-0.4, -0.2) is 36.9 Å². The Labute approximate surface area is 159 Å². The maximum absolute atomic E-state index is 12.0. The van der Waals surface area contributed by atoms with Crippen molar-refractivity contribution in [1.82, 2.24) is 20.2 Å². The molecule has 4 rings (SSSR count). The predicted octanol–water partition coefficient (Wildman–Crippen LogP) is 3.75. The van der Waals surface area contributed by atoms with Crippen molar-refractivity contribution in [3.05, 3.63) is 52.8 Å². The van der Waals surface area contributed by atoms with E-state index in [0.717, 1.165) is 10.9 Å². The summed E-state index contributed by atoms with van der Waals surface area (Å²) in [6.45, 7) is 5.41. The van der Waals surface area contributed by atoms with Crippen molar-refractivity contribution in [3.8, 4) is 11.3 Å². The van der Waals surface area contributed by atoms with E-state index in [-0.39, 0.29) is 11.5 Å². The zero-order chi connectivity index (χ0) is 20.1. The van der Waals surface area contributed by atoms with Gasteiger partial charge in [-0.25, -0.2) is 19.8 Å². The van der Waals surface area contributed by atoms with Crippen LogP contribution in [0.4, 0.5) is 10.7 Å². The SMILES string of the molecule is CC(C)(C)N(C(=O)O)c1nc2cc(-c3n[nH]c(=O)c4ccccc34)ccc2[nH]1. The van der Waals surface area contributed by atoms with Crippen molar-refractivity contribution in [2.24, 2.45) is 0 Å². The molecule has 0 aliphatic heterocycles. The molecule has 3 N–H and O–H groups in total. The Bertz CT molecular complexity index is 1270. The van der Waals surface area contributed by atoms with Crippen molar-refractivity contribution in [2.75, 3.05) is 4.90 Å². The summed E-state index contributed by atoms with van der Waals surface area (Å²) in [7, 11) is 0. The van der Waals surface area contributed by atoms with Crippen LogP contribution in [0, 0.1) is 0 Å². The van der Waals surface area contributed by atoms with Gasteiger partial charge in [-0.3, -0.25) is 4.79 Å². The maximum atomic E-state index is 12.0. The normalized spacial score (nSPS) is 11.8. The Hall–Kier alpha value is -3.68. The number of benzene rings is 2. The summed E-state index contributed by atoms with van der Waals surface area (Å²) in [5, 5.41) is 17.6. The number of anilines is 1. The highest BCUT2D eigenvalue weighted by atomic mass is 16.4. The minimum absolute atomic E-state index is 0.246. The molecule has 0 saturated heterocycles. The largest absolute Gasteiger partial charge is 0.465 e. The van der Waals surface area contributed by atoms with Crippen LogP contribution in [0.3, 0.4) is 0 Å². The molecule has 0 spiro atoms. The van der Waals surface area contributed by atoms with Gasteiger partial charge in [0.2, 0.25) is 5.95 Å². The van der Waals surface area contributed by atoms with Gasteiger partial charge in [-0.1, -0.05) is 24.3 Å². The van der Waals surface area contributed by atoms with Gasteiger partial charge in [-0.15, -0.1) is 0 Å². The molecule has 2 aromatic heterocycles. The van der Waals surface area contributed by atoms with E-state index < -0.39 is 11.6 Å². The number of amides is 1. The van der Waals surface area contributed by atoms with Crippen molar-refractivity contribution in [1.29, 1.82) is 0 Å². The van der Waals surface area contributed by atoms with Crippen LogP contribution in [0.2, 0.25) is 0 Å². The molecule has 0 aliphatic rings. The Morgan fingerprint density at radius 2 is 1.82 bits per heavy atom. The fraction of sp³-hybridized carbons (Fsp3) is 0.200. The first-order valence-corrected chi connectivity index (χ1v) is 8.76. The van der Waals surface area contributed by atoms with Gasteiger partial charge in [0.25, 0.3) is 5.56 Å². The number of nitrogens with zero attached hydrogens (tertiary/aromatic N) is 3. The highest BCUT2D eigenvalue weighted by molar-refractivity contribution is 5.96. The van der Waals surface area contributed by atoms with Gasteiger partial charge in [0.05, 0.1) is 22.1 Å². The van der Waals surface area contributed by atoms with E-state index in [0.29, 0.717) is 22.1 Å². The smallest absolute Gasteiger partial charge is 0.414 e. The molecule has 2 aromatic carbocycles. The van der Waals surface area contributed by atoms with Crippen molar-refractivity contribution in [2.45, 2.75) is 26.3 Å². The van der Waals surface area contributed by atoms with Gasteiger partial charge in [0, 0.05) is 16.5 Å². The van der Waals surface area contributed by atoms with E-state index in [9.17, 15) is 14.7 Å². The molecule has 2 heterocycles. The zero-order valence-electron chi connectivity index (χ0n) is 15.6. The summed E-state index contributed by atoms with van der Waals surface area (Å²) in [6, 6.07) is 12.8. The molecule has 8 nitrogen and oxygen atoms in total. The summed E-state index contributed by atoms with van der Waals surface area (Å²) in [4.78, 5) is 32.5. The van der Waals surface area contributed by atoms with Crippen molar-refractivity contribution >= 4 is 33.8 Å². The van der Waals surface area contributed by atoms with Gasteiger partial charge in [-0.2, -0.15) is 5.10 Å². The highest BCUT2D eigenvalue weighted by Crippen LogP contribution is 2.29. The molecule has 1 amide bonds. The Morgan fingerprint density at radius 3 is 2.50 bits per heavy atom. The lowest BCUT2D eigenvalue weighted by molar-refractivity contribution is 0.195. The minimum atomic E-state index is -1.08. The topological polar surface area (TPSA) is 115 Å². The van der Waals surface area contributed by atoms with Crippen LogP contribution in [0.25, 0.3) is 33.1 Å². The molecular formula is C20H19N5O3. The number of rotatable bonds is 2. The second-order valence-corrected chi connectivity index (χ2v) is 7.53. The third-order valence-corrected chi connectivity index (χ3v) is 4.51. The molecular weight excluding hydrogens is 358 g/mol. The third-order valence-electron chi connectivity index (χ3n) is 4.51. The van der Waals surface area contributed by atoms with Gasteiger partial charge >= 0.3 is 6.09 Å². The summed E-state index contributed by atoms with van der Waals surface area (Å²) in [6.07, 6.45) is -1.08. The molecule has 0 bridgehead atoms. The summed E-state index contributed by atoms with van der Waals surface area (Å²) >= 11 is 0. The van der Waals surface area contributed by atoms with Gasteiger partial charge in [-0.05, 0) is 39.0 Å². The van der Waals surface area contributed by atoms with Gasteiger partial charge in [0.15, 0.2) is 0 Å². The molecule has 0 saturated carbocycles. The average molecular weight is 377 g/mol. The quantitative estimate of drug-likeness (QED) is 0.492. The summed E-state index contributed by atoms with van der Waals surface area (Å²) in [5.41, 5.74) is 1.83. The molecule has 28 heavy (non-hydrogen) atoms. The molecule has 0 atom stereocenters. The van der Waals surface area contributed by atoms with Crippen molar-refractivity contribution < 1.29 is 9.90 Å². The van der Waals surface area contributed by atoms with Crippen LogP contribution in [0.15, 0.2) is 47.3 Å². The Balaban J connectivity index is 1.87. The van der Waals surface area contributed by atoms with Crippen LogP contribution in [0.5, 0.6) is 0 Å². The van der Waals surface area contributed by atoms with E-state index >= 15 is 0 Å². The summed E-state index contributed by atoms with van der Waals surface area (Å²) in [5.74, 6) is 0.256. The standard InChI is InChI=1S/C20H19N5O3/c1-20(2,3)25(19(27)28)18-21-14-9-8-11(10-15(14)22-18)16-12-6-4-5-7-13(12)17(26)24-23-16/h4-10H,1-3H3,(H,21,22)(H,24,26)(H,27,28). The predicted molar refractivity (Wildman–Crippen MR) is 108 cm³/mol. The first-order chi connectivity index (χ1) is 13.3. The first-order valence-electron chi connectivity index (χ1n) is 8.76. The van der Waals surface area contributed by atoms with E-state index in [2.05, 4.69) is 20.2 Å². The van der Waals surface area contributed by atoms with Crippen LogP contribution in [0.1, 0.15) is 20.8 Å². The van der Waals surface area contributed by atoms with Crippen LogP contribution in [-0.2, 0) is 0 Å². The minimum Gasteiger partial charge on any atom is -0.465 e. The maximum Gasteiger partial charge on any atom is 0.414 e. The van der Waals surface area contributed by atoms with Crippen LogP contribution < -0.4 is 10.5 Å². The van der Waals surface area contributed by atoms with Crippen molar-refractivity contribution in [3.63, 3.8) is 0 Å². The molecule has 0 unspecified atom stereocenters. The number of carbonyl (C=O) groups is 1. The molecule has 0 radical (unpaired) electrons. The second-order valence-electron chi connectivity index (χ2n) is 7.53. The van der Waals surface area contributed by atoms with Gasteiger partial charge in [0.1, 0.15) is 0 Å². The molecule has 0 fully saturated rings. The Kier molecular flexibility index (Phi) is 3.92. The monoisotopic (exact) mass is 377 g/mol. The zero-order valence-corrected chi connectivity index (χ0v) is 15.6. The number of imidazole rings is 1. The number of carboxylic acid groups (broad SMARTS) is 1. The van der Waals surface area contributed by atoms with Crippen LogP contribution >= 0.6 is 0 Å². The fourth-order valence-electron chi connectivity index (χ4n) is 3.28.